The number of nitrogens with one attached hydrogen (secondary N) is 1. The van der Waals surface area contributed by atoms with Gasteiger partial charge in [-0.3, -0.25) is 24.0 Å². The van der Waals surface area contributed by atoms with Crippen LogP contribution in [-0.2, 0) is 38.2 Å². The molecule has 0 saturated heterocycles. The third-order valence-corrected chi connectivity index (χ3v) is 4.65. The molecule has 0 heterocycles. The second kappa shape index (κ2) is 16.1. The number of hydrogen-bond acceptors (Lipinski definition) is 8. The molecule has 0 aromatic heterocycles. The molecule has 0 aliphatic heterocycles. The van der Waals surface area contributed by atoms with Crippen molar-refractivity contribution in [3.63, 3.8) is 0 Å². The summed E-state index contributed by atoms with van der Waals surface area (Å²) >= 11 is 0. The van der Waals surface area contributed by atoms with Crippen molar-refractivity contribution >= 4 is 29.7 Å². The Morgan fingerprint density at radius 2 is 1.23 bits per heavy atom. The van der Waals surface area contributed by atoms with Gasteiger partial charge < -0.3 is 24.4 Å². The molecule has 0 aromatic rings. The van der Waals surface area contributed by atoms with Gasteiger partial charge in [-0.05, 0) is 25.2 Å². The number of esters is 3. The second-order valence-electron chi connectivity index (χ2n) is 7.36. The van der Waals surface area contributed by atoms with Gasteiger partial charge in [0, 0.05) is 38.8 Å². The Morgan fingerprint density at radius 1 is 0.742 bits per heavy atom. The summed E-state index contributed by atoms with van der Waals surface area (Å²) in [6.45, 7) is 4.12. The average molecular weight is 445 g/mol. The number of ether oxygens (including phenoxy) is 3. The number of carbonyl (C=O) groups excluding carboxylic acids is 5. The minimum Gasteiger partial charge on any atom is -0.469 e. The molecule has 0 aliphatic rings. The highest BCUT2D eigenvalue weighted by atomic mass is 16.5. The molecule has 0 aliphatic carbocycles. The summed E-state index contributed by atoms with van der Waals surface area (Å²) < 4.78 is 13.8. The molecule has 0 fully saturated rings. The highest BCUT2D eigenvalue weighted by Crippen LogP contribution is 2.16. The Labute approximate surface area is 183 Å². The molecule has 1 atom stereocenters. The fourth-order valence-corrected chi connectivity index (χ4v) is 3.00. The van der Waals surface area contributed by atoms with Crippen molar-refractivity contribution in [2.45, 2.75) is 64.8 Å². The standard InChI is InChI=1S/C21H36N2O8/c1-15(2)20(21(28)22-13-7-11-18(26)30-4)23(14-8-12-19(27)31-5)16(24)9-6-10-17(25)29-3/h15,20H,6-14H2,1-5H3,(H,22,28). The molecule has 0 bridgehead atoms. The predicted octanol–water partition coefficient (Wildman–Crippen LogP) is 1.21. The first-order valence-corrected chi connectivity index (χ1v) is 10.5. The van der Waals surface area contributed by atoms with E-state index in [1.54, 1.807) is 0 Å². The summed E-state index contributed by atoms with van der Waals surface area (Å²) in [5.74, 6) is -1.97. The lowest BCUT2D eigenvalue weighted by Crippen LogP contribution is -2.52. The minimum absolute atomic E-state index is 0.0756. The largest absolute Gasteiger partial charge is 0.469 e. The van der Waals surface area contributed by atoms with Crippen LogP contribution in [0.3, 0.4) is 0 Å². The molecule has 0 radical (unpaired) electrons. The van der Waals surface area contributed by atoms with Crippen LogP contribution >= 0.6 is 0 Å². The van der Waals surface area contributed by atoms with Crippen molar-refractivity contribution in [2.24, 2.45) is 5.92 Å². The van der Waals surface area contributed by atoms with Crippen LogP contribution in [0.25, 0.3) is 0 Å². The lowest BCUT2D eigenvalue weighted by molar-refractivity contribution is -0.145. The van der Waals surface area contributed by atoms with E-state index >= 15 is 0 Å². The lowest BCUT2D eigenvalue weighted by Gasteiger charge is -2.33. The molecule has 0 aromatic carbocycles. The molecule has 0 rings (SSSR count). The number of hydrogen-bond donors (Lipinski definition) is 1. The van der Waals surface area contributed by atoms with E-state index in [-0.39, 0.29) is 62.5 Å². The summed E-state index contributed by atoms with van der Waals surface area (Å²) in [6, 6.07) is -0.749. The van der Waals surface area contributed by atoms with E-state index in [0.29, 0.717) is 19.3 Å². The van der Waals surface area contributed by atoms with E-state index in [1.807, 2.05) is 13.8 Å². The molecule has 178 valence electrons. The molecule has 1 unspecified atom stereocenters. The molecule has 0 saturated carbocycles. The first-order valence-electron chi connectivity index (χ1n) is 10.5. The Bertz CT molecular complexity index is 606. The normalized spacial score (nSPS) is 11.4. The number of amides is 2. The average Bonchev–Trinajstić information content (AvgIpc) is 2.74. The zero-order valence-electron chi connectivity index (χ0n) is 19.2. The van der Waals surface area contributed by atoms with Crippen molar-refractivity contribution in [1.29, 1.82) is 0 Å². The number of methoxy groups -OCH3 is 3. The fourth-order valence-electron chi connectivity index (χ4n) is 3.00. The predicted molar refractivity (Wildman–Crippen MR) is 112 cm³/mol. The van der Waals surface area contributed by atoms with Crippen molar-refractivity contribution in [3.05, 3.63) is 0 Å². The highest BCUT2D eigenvalue weighted by Gasteiger charge is 2.32. The van der Waals surface area contributed by atoms with E-state index in [0.717, 1.165) is 0 Å². The van der Waals surface area contributed by atoms with E-state index in [9.17, 15) is 24.0 Å². The van der Waals surface area contributed by atoms with Gasteiger partial charge in [0.25, 0.3) is 0 Å². The maximum atomic E-state index is 12.9. The molecule has 10 heteroatoms. The van der Waals surface area contributed by atoms with Gasteiger partial charge in [-0.2, -0.15) is 0 Å². The maximum Gasteiger partial charge on any atom is 0.305 e. The summed E-state index contributed by atoms with van der Waals surface area (Å²) in [5.41, 5.74) is 0. The summed E-state index contributed by atoms with van der Waals surface area (Å²) in [6.07, 6.45) is 1.53. The third-order valence-electron chi connectivity index (χ3n) is 4.65. The van der Waals surface area contributed by atoms with Crippen LogP contribution in [0.4, 0.5) is 0 Å². The summed E-state index contributed by atoms with van der Waals surface area (Å²) in [5, 5.41) is 2.77. The summed E-state index contributed by atoms with van der Waals surface area (Å²) in [7, 11) is 3.87. The summed E-state index contributed by atoms with van der Waals surface area (Å²) in [4.78, 5) is 61.1. The molecule has 1 N–H and O–H groups in total. The van der Waals surface area contributed by atoms with Crippen LogP contribution in [0.1, 0.15) is 58.8 Å². The highest BCUT2D eigenvalue weighted by molar-refractivity contribution is 5.88. The molecular weight excluding hydrogens is 408 g/mol. The Balaban J connectivity index is 5.15. The molecular formula is C21H36N2O8. The monoisotopic (exact) mass is 444 g/mol. The van der Waals surface area contributed by atoms with Crippen molar-refractivity contribution in [1.82, 2.24) is 10.2 Å². The van der Waals surface area contributed by atoms with Gasteiger partial charge in [-0.25, -0.2) is 0 Å². The van der Waals surface area contributed by atoms with Crippen LogP contribution in [0.2, 0.25) is 0 Å². The van der Waals surface area contributed by atoms with Crippen LogP contribution < -0.4 is 5.32 Å². The van der Waals surface area contributed by atoms with E-state index in [4.69, 9.17) is 0 Å². The number of carbonyl (C=O) groups is 5. The van der Waals surface area contributed by atoms with Crippen molar-refractivity contribution < 1.29 is 38.2 Å². The van der Waals surface area contributed by atoms with Gasteiger partial charge in [0.15, 0.2) is 0 Å². The minimum atomic E-state index is -0.749. The van der Waals surface area contributed by atoms with Gasteiger partial charge in [0.05, 0.1) is 21.3 Å². The van der Waals surface area contributed by atoms with E-state index in [2.05, 4.69) is 19.5 Å². The van der Waals surface area contributed by atoms with Crippen molar-refractivity contribution in [3.8, 4) is 0 Å². The molecule has 0 spiro atoms. The smallest absolute Gasteiger partial charge is 0.305 e. The Hall–Kier alpha value is -2.65. The van der Waals surface area contributed by atoms with Crippen LogP contribution in [0, 0.1) is 5.92 Å². The first-order chi connectivity index (χ1) is 14.7. The Kier molecular flexibility index (Phi) is 14.7. The quantitative estimate of drug-likeness (QED) is 0.227. The van der Waals surface area contributed by atoms with Gasteiger partial charge in [0.1, 0.15) is 6.04 Å². The topological polar surface area (TPSA) is 128 Å². The molecule has 31 heavy (non-hydrogen) atoms. The lowest BCUT2D eigenvalue weighted by atomic mass is 10.00. The zero-order chi connectivity index (χ0) is 23.8. The number of rotatable bonds is 15. The zero-order valence-corrected chi connectivity index (χ0v) is 19.2. The fraction of sp³-hybridized carbons (Fsp3) is 0.762. The van der Waals surface area contributed by atoms with Crippen molar-refractivity contribution in [2.75, 3.05) is 34.4 Å². The van der Waals surface area contributed by atoms with E-state index < -0.39 is 18.0 Å². The molecule has 2 amide bonds. The van der Waals surface area contributed by atoms with Gasteiger partial charge in [-0.15, -0.1) is 0 Å². The van der Waals surface area contributed by atoms with Gasteiger partial charge >= 0.3 is 17.9 Å². The number of nitrogens with zero attached hydrogens (tertiary/aromatic N) is 1. The van der Waals surface area contributed by atoms with Crippen LogP contribution in [0.5, 0.6) is 0 Å². The third kappa shape index (κ3) is 12.0. The maximum absolute atomic E-state index is 12.9. The van der Waals surface area contributed by atoms with Gasteiger partial charge in [-0.1, -0.05) is 13.8 Å². The Morgan fingerprint density at radius 3 is 1.71 bits per heavy atom. The van der Waals surface area contributed by atoms with Crippen LogP contribution in [0.15, 0.2) is 0 Å². The van der Waals surface area contributed by atoms with Crippen LogP contribution in [-0.4, -0.2) is 75.1 Å². The first kappa shape index (κ1) is 28.4. The second-order valence-corrected chi connectivity index (χ2v) is 7.36. The molecule has 10 nitrogen and oxygen atoms in total. The SMILES string of the molecule is COC(=O)CCCNC(=O)C(C(C)C)N(CCCC(=O)OC)C(=O)CCCC(=O)OC. The van der Waals surface area contributed by atoms with E-state index in [1.165, 1.54) is 26.2 Å². The van der Waals surface area contributed by atoms with Gasteiger partial charge in [0.2, 0.25) is 11.8 Å².